The van der Waals surface area contributed by atoms with Crippen molar-refractivity contribution in [3.8, 4) is 0 Å². The molecule has 31 heavy (non-hydrogen) atoms. The third-order valence-corrected chi connectivity index (χ3v) is 6.13. The number of hydrogen-bond donors (Lipinski definition) is 3. The molecule has 0 spiro atoms. The highest BCUT2D eigenvalue weighted by Gasteiger charge is 2.15. The van der Waals surface area contributed by atoms with Crippen molar-refractivity contribution in [3.63, 3.8) is 0 Å². The minimum Gasteiger partial charge on any atom is -0.370 e. The monoisotopic (exact) mass is 418 g/mol. The van der Waals surface area contributed by atoms with Crippen LogP contribution in [-0.4, -0.2) is 43.6 Å². The Bertz CT molecular complexity index is 1190. The molecule has 0 atom stereocenters. The topological polar surface area (TPSA) is 83.6 Å². The van der Waals surface area contributed by atoms with E-state index in [0.717, 1.165) is 60.2 Å². The maximum Gasteiger partial charge on any atom is 0.162 e. The second-order valence-electron chi connectivity index (χ2n) is 8.37. The number of rotatable bonds is 7. The quantitative estimate of drug-likeness (QED) is 0.427. The molecule has 5 heterocycles. The van der Waals surface area contributed by atoms with E-state index >= 15 is 0 Å². The minimum absolute atomic E-state index is 0.620. The molecule has 162 valence electrons. The zero-order valence-corrected chi connectivity index (χ0v) is 18.2. The molecule has 0 unspecified atom stereocenters. The van der Waals surface area contributed by atoms with Gasteiger partial charge in [-0.1, -0.05) is 13.0 Å². The number of nitrogens with one attached hydrogen (secondary N) is 3. The van der Waals surface area contributed by atoms with Gasteiger partial charge in [0.05, 0.1) is 18.4 Å². The van der Waals surface area contributed by atoms with Crippen molar-refractivity contribution in [1.82, 2.24) is 29.3 Å². The molecule has 1 saturated heterocycles. The summed E-state index contributed by atoms with van der Waals surface area (Å²) in [5.41, 5.74) is 5.22. The van der Waals surface area contributed by atoms with E-state index in [4.69, 9.17) is 9.97 Å². The summed E-state index contributed by atoms with van der Waals surface area (Å²) in [6.07, 6.45) is 9.34. The Morgan fingerprint density at radius 1 is 1.16 bits per heavy atom. The van der Waals surface area contributed by atoms with Crippen LogP contribution < -0.4 is 16.0 Å². The van der Waals surface area contributed by atoms with Crippen molar-refractivity contribution in [2.75, 3.05) is 30.3 Å². The summed E-state index contributed by atoms with van der Waals surface area (Å²) in [4.78, 5) is 9.65. The fourth-order valence-corrected chi connectivity index (χ4v) is 4.28. The molecular weight excluding hydrogens is 388 g/mol. The van der Waals surface area contributed by atoms with Gasteiger partial charge >= 0.3 is 0 Å². The van der Waals surface area contributed by atoms with E-state index in [-0.39, 0.29) is 0 Å². The molecule has 4 aromatic heterocycles. The van der Waals surface area contributed by atoms with Crippen LogP contribution in [0.25, 0.3) is 11.3 Å². The van der Waals surface area contributed by atoms with E-state index in [0.29, 0.717) is 12.5 Å². The second kappa shape index (κ2) is 8.55. The number of pyridine rings is 1. The number of anilines is 2. The summed E-state index contributed by atoms with van der Waals surface area (Å²) < 4.78 is 3.97. The standard InChI is InChI=1S/C23H30N8/c1-3-18-13-27-31-21(26-14-19-15-30-10-4-5-16(2)22(30)28-19)11-20(29-23(18)31)25-12-17-6-8-24-9-7-17/h4-5,10-11,13,15,17,24,26H,3,6-9,12,14H2,1-2H3,(H,25,29). The molecule has 0 aromatic carbocycles. The van der Waals surface area contributed by atoms with Crippen LogP contribution in [0, 0.1) is 12.8 Å². The summed E-state index contributed by atoms with van der Waals surface area (Å²) in [5, 5.41) is 15.1. The number of fused-ring (bicyclic) bond motifs is 2. The Hall–Kier alpha value is -3.13. The molecule has 1 aliphatic heterocycles. The summed E-state index contributed by atoms with van der Waals surface area (Å²) in [6.45, 7) is 8.00. The number of nitrogens with zero attached hydrogens (tertiary/aromatic N) is 5. The molecule has 1 fully saturated rings. The van der Waals surface area contributed by atoms with Gasteiger partial charge in [-0.2, -0.15) is 9.61 Å². The van der Waals surface area contributed by atoms with Crippen LogP contribution in [0.3, 0.4) is 0 Å². The molecule has 0 radical (unpaired) electrons. The van der Waals surface area contributed by atoms with Gasteiger partial charge in [0, 0.05) is 30.6 Å². The van der Waals surface area contributed by atoms with Crippen LogP contribution in [0.15, 0.2) is 36.8 Å². The molecule has 0 aliphatic carbocycles. The number of hydrogen-bond acceptors (Lipinski definition) is 6. The largest absolute Gasteiger partial charge is 0.370 e. The molecule has 8 heteroatoms. The number of imidazole rings is 1. The van der Waals surface area contributed by atoms with Gasteiger partial charge in [-0.05, 0) is 56.8 Å². The molecule has 8 nitrogen and oxygen atoms in total. The molecule has 4 aromatic rings. The average Bonchev–Trinajstić information content (AvgIpc) is 3.41. The normalized spacial score (nSPS) is 15.0. The molecule has 5 rings (SSSR count). The highest BCUT2D eigenvalue weighted by atomic mass is 15.3. The first kappa shape index (κ1) is 19.8. The van der Waals surface area contributed by atoms with Crippen molar-refractivity contribution in [2.24, 2.45) is 5.92 Å². The Morgan fingerprint density at radius 2 is 2.03 bits per heavy atom. The van der Waals surface area contributed by atoms with E-state index in [2.05, 4.69) is 57.6 Å². The Labute approximate surface area is 182 Å². The van der Waals surface area contributed by atoms with Gasteiger partial charge in [0.2, 0.25) is 0 Å². The molecule has 1 aliphatic rings. The van der Waals surface area contributed by atoms with Gasteiger partial charge in [-0.25, -0.2) is 9.97 Å². The van der Waals surface area contributed by atoms with Gasteiger partial charge < -0.3 is 20.4 Å². The number of aryl methyl sites for hydroxylation is 2. The summed E-state index contributed by atoms with van der Waals surface area (Å²) in [5.74, 6) is 2.51. The Kier molecular flexibility index (Phi) is 5.46. The zero-order valence-electron chi connectivity index (χ0n) is 18.2. The summed E-state index contributed by atoms with van der Waals surface area (Å²) >= 11 is 0. The fraction of sp³-hybridized carbons (Fsp3) is 0.435. The van der Waals surface area contributed by atoms with E-state index in [1.807, 2.05) is 23.0 Å². The first-order chi connectivity index (χ1) is 15.2. The van der Waals surface area contributed by atoms with Crippen LogP contribution in [0.1, 0.15) is 36.6 Å². The van der Waals surface area contributed by atoms with Crippen LogP contribution in [0.4, 0.5) is 11.6 Å². The van der Waals surface area contributed by atoms with Crippen molar-refractivity contribution in [1.29, 1.82) is 0 Å². The zero-order chi connectivity index (χ0) is 21.2. The molecular formula is C23H30N8. The van der Waals surface area contributed by atoms with E-state index < -0.39 is 0 Å². The van der Waals surface area contributed by atoms with Gasteiger partial charge in [-0.3, -0.25) is 0 Å². The fourth-order valence-electron chi connectivity index (χ4n) is 4.28. The lowest BCUT2D eigenvalue weighted by molar-refractivity contribution is 0.389. The Morgan fingerprint density at radius 3 is 2.84 bits per heavy atom. The first-order valence-electron chi connectivity index (χ1n) is 11.2. The molecule has 0 amide bonds. The number of aromatic nitrogens is 5. The van der Waals surface area contributed by atoms with Gasteiger partial charge in [0.15, 0.2) is 5.65 Å². The van der Waals surface area contributed by atoms with Crippen molar-refractivity contribution in [3.05, 3.63) is 53.6 Å². The molecule has 3 N–H and O–H groups in total. The van der Waals surface area contributed by atoms with Gasteiger partial charge in [0.1, 0.15) is 17.3 Å². The highest BCUT2D eigenvalue weighted by molar-refractivity contribution is 5.60. The lowest BCUT2D eigenvalue weighted by Crippen LogP contribution is -2.31. The second-order valence-corrected chi connectivity index (χ2v) is 8.37. The van der Waals surface area contributed by atoms with Crippen LogP contribution >= 0.6 is 0 Å². The van der Waals surface area contributed by atoms with Gasteiger partial charge in [0.25, 0.3) is 0 Å². The summed E-state index contributed by atoms with van der Waals surface area (Å²) in [6, 6.07) is 6.19. The maximum atomic E-state index is 4.87. The predicted octanol–water partition coefficient (Wildman–Crippen LogP) is 3.27. The van der Waals surface area contributed by atoms with E-state index in [9.17, 15) is 0 Å². The van der Waals surface area contributed by atoms with Crippen LogP contribution in [0.2, 0.25) is 0 Å². The first-order valence-corrected chi connectivity index (χ1v) is 11.2. The molecule has 0 bridgehead atoms. The lowest BCUT2D eigenvalue weighted by Gasteiger charge is -2.23. The van der Waals surface area contributed by atoms with Crippen molar-refractivity contribution in [2.45, 2.75) is 39.7 Å². The van der Waals surface area contributed by atoms with Crippen LogP contribution in [-0.2, 0) is 13.0 Å². The number of piperidine rings is 1. The van der Waals surface area contributed by atoms with Crippen molar-refractivity contribution < 1.29 is 0 Å². The van der Waals surface area contributed by atoms with Crippen LogP contribution in [0.5, 0.6) is 0 Å². The lowest BCUT2D eigenvalue weighted by atomic mass is 9.98. The van der Waals surface area contributed by atoms with E-state index in [1.54, 1.807) is 0 Å². The minimum atomic E-state index is 0.620. The average molecular weight is 419 g/mol. The van der Waals surface area contributed by atoms with Crippen molar-refractivity contribution >= 4 is 22.9 Å². The highest BCUT2D eigenvalue weighted by Crippen LogP contribution is 2.21. The predicted molar refractivity (Wildman–Crippen MR) is 124 cm³/mol. The SMILES string of the molecule is CCc1cnn2c(NCc3cn4cccc(C)c4n3)cc(NCC3CCNCC3)nc12. The smallest absolute Gasteiger partial charge is 0.162 e. The third kappa shape index (κ3) is 4.07. The third-order valence-electron chi connectivity index (χ3n) is 6.13. The molecule has 0 saturated carbocycles. The maximum absolute atomic E-state index is 4.87. The van der Waals surface area contributed by atoms with E-state index in [1.165, 1.54) is 18.4 Å². The van der Waals surface area contributed by atoms with Gasteiger partial charge in [-0.15, -0.1) is 0 Å². The Balaban J connectivity index is 1.39. The summed E-state index contributed by atoms with van der Waals surface area (Å²) in [7, 11) is 0.